The van der Waals surface area contributed by atoms with Crippen LogP contribution < -0.4 is 0 Å². The number of unbranched alkanes of at least 4 members (excludes halogenated alkanes) is 2. The fraction of sp³-hybridized carbons (Fsp3) is 0.500. The Balaban J connectivity index is 2.41. The zero-order valence-electron chi connectivity index (χ0n) is 11.2. The fourth-order valence-corrected chi connectivity index (χ4v) is 2.43. The molecule has 1 heterocycles. The van der Waals surface area contributed by atoms with E-state index in [1.807, 2.05) is 4.57 Å². The lowest BCUT2D eigenvalue weighted by Gasteiger charge is -2.08. The molecular weight excluding hydrogens is 289 g/mol. The number of aromatic nitrogens is 2. The molecule has 0 aliphatic rings. The Kier molecular flexibility index (Phi) is 4.58. The molecule has 2 rings (SSSR count). The predicted octanol–water partition coefficient (Wildman–Crippen LogP) is 4.98. The third kappa shape index (κ3) is 3.08. The summed E-state index contributed by atoms with van der Waals surface area (Å²) in [5, 5.41) is 0. The van der Waals surface area contributed by atoms with Gasteiger partial charge in [-0.1, -0.05) is 19.8 Å². The Labute approximate surface area is 120 Å². The quantitative estimate of drug-likeness (QED) is 0.562. The number of hydrogen-bond acceptors (Lipinski definition) is 1. The van der Waals surface area contributed by atoms with Gasteiger partial charge in [-0.25, -0.2) is 4.98 Å². The summed E-state index contributed by atoms with van der Waals surface area (Å²) in [6, 6.07) is 3.66. The van der Waals surface area contributed by atoms with Crippen LogP contribution in [0.1, 0.15) is 37.6 Å². The summed E-state index contributed by atoms with van der Waals surface area (Å²) >= 11 is 5.84. The summed E-state index contributed by atoms with van der Waals surface area (Å²) in [5.41, 5.74) is 0.390. The molecule has 0 bridgehead atoms. The highest BCUT2D eigenvalue weighted by Crippen LogP contribution is 2.31. The van der Waals surface area contributed by atoms with Crippen LogP contribution >= 0.6 is 11.6 Å². The molecule has 0 saturated heterocycles. The molecule has 0 N–H and O–H groups in total. The molecule has 20 heavy (non-hydrogen) atoms. The molecule has 0 unspecified atom stereocenters. The van der Waals surface area contributed by atoms with Crippen LogP contribution in [0.3, 0.4) is 0 Å². The number of nitrogens with zero attached hydrogens (tertiary/aromatic N) is 2. The standard InChI is InChI=1S/C14H16ClF3N2/c1-2-3-4-7-20-12-6-5-10(14(16,17)18)8-11(12)19-13(20)9-15/h5-6,8H,2-4,7,9H2,1H3. The normalized spacial score (nSPS) is 12.2. The van der Waals surface area contributed by atoms with E-state index in [0.717, 1.165) is 37.9 Å². The van der Waals surface area contributed by atoms with Gasteiger partial charge < -0.3 is 4.57 Å². The lowest BCUT2D eigenvalue weighted by molar-refractivity contribution is -0.137. The third-order valence-electron chi connectivity index (χ3n) is 3.26. The van der Waals surface area contributed by atoms with Crippen LogP contribution in [0.4, 0.5) is 13.2 Å². The molecule has 0 fully saturated rings. The summed E-state index contributed by atoms with van der Waals surface area (Å²) in [5.74, 6) is 0.819. The van der Waals surface area contributed by atoms with Gasteiger partial charge in [-0.15, -0.1) is 11.6 Å². The first kappa shape index (κ1) is 15.2. The Morgan fingerprint density at radius 1 is 1.25 bits per heavy atom. The number of benzene rings is 1. The largest absolute Gasteiger partial charge is 0.416 e. The maximum atomic E-state index is 12.7. The van der Waals surface area contributed by atoms with Crippen molar-refractivity contribution in [3.05, 3.63) is 29.6 Å². The van der Waals surface area contributed by atoms with E-state index in [1.165, 1.54) is 6.07 Å². The Morgan fingerprint density at radius 2 is 2.00 bits per heavy atom. The monoisotopic (exact) mass is 304 g/mol. The van der Waals surface area contributed by atoms with Crippen molar-refractivity contribution in [3.8, 4) is 0 Å². The Bertz CT molecular complexity index is 590. The minimum Gasteiger partial charge on any atom is -0.327 e. The predicted molar refractivity (Wildman–Crippen MR) is 73.8 cm³/mol. The van der Waals surface area contributed by atoms with E-state index in [1.54, 1.807) is 0 Å². The van der Waals surface area contributed by atoms with E-state index in [-0.39, 0.29) is 5.88 Å². The molecular formula is C14H16ClF3N2. The topological polar surface area (TPSA) is 17.8 Å². The van der Waals surface area contributed by atoms with Crippen molar-refractivity contribution in [2.24, 2.45) is 0 Å². The number of imidazole rings is 1. The summed E-state index contributed by atoms with van der Waals surface area (Å²) in [7, 11) is 0. The molecule has 110 valence electrons. The molecule has 0 spiro atoms. The van der Waals surface area contributed by atoms with Gasteiger partial charge in [0.1, 0.15) is 5.82 Å². The minimum atomic E-state index is -4.35. The van der Waals surface area contributed by atoms with Crippen molar-refractivity contribution in [1.29, 1.82) is 0 Å². The molecule has 0 saturated carbocycles. The van der Waals surface area contributed by atoms with E-state index < -0.39 is 11.7 Å². The van der Waals surface area contributed by atoms with E-state index in [9.17, 15) is 13.2 Å². The Morgan fingerprint density at radius 3 is 2.60 bits per heavy atom. The summed E-state index contributed by atoms with van der Waals surface area (Å²) in [4.78, 5) is 4.22. The second-order valence-electron chi connectivity index (χ2n) is 4.72. The van der Waals surface area contributed by atoms with E-state index in [0.29, 0.717) is 16.9 Å². The third-order valence-corrected chi connectivity index (χ3v) is 3.50. The molecule has 0 aliphatic heterocycles. The van der Waals surface area contributed by atoms with Crippen LogP contribution in [0.25, 0.3) is 11.0 Å². The average Bonchev–Trinajstić information content (AvgIpc) is 2.75. The number of alkyl halides is 4. The minimum absolute atomic E-state index is 0.197. The van der Waals surface area contributed by atoms with Gasteiger partial charge in [-0.3, -0.25) is 0 Å². The molecule has 0 atom stereocenters. The van der Waals surface area contributed by atoms with Gasteiger partial charge in [-0.2, -0.15) is 13.2 Å². The van der Waals surface area contributed by atoms with Crippen LogP contribution in [-0.2, 0) is 18.6 Å². The van der Waals surface area contributed by atoms with Gasteiger partial charge in [0, 0.05) is 6.54 Å². The van der Waals surface area contributed by atoms with Crippen molar-refractivity contribution in [2.45, 2.75) is 44.8 Å². The SMILES string of the molecule is CCCCCn1c(CCl)nc2cc(C(F)(F)F)ccc21. The lowest BCUT2D eigenvalue weighted by atomic mass is 10.2. The van der Waals surface area contributed by atoms with Crippen LogP contribution in [0.15, 0.2) is 18.2 Å². The lowest BCUT2D eigenvalue weighted by Crippen LogP contribution is -2.05. The molecule has 1 aromatic heterocycles. The average molecular weight is 305 g/mol. The molecule has 0 aliphatic carbocycles. The second-order valence-corrected chi connectivity index (χ2v) is 4.99. The first-order valence-electron chi connectivity index (χ1n) is 6.59. The van der Waals surface area contributed by atoms with Crippen LogP contribution in [0.5, 0.6) is 0 Å². The van der Waals surface area contributed by atoms with Crippen molar-refractivity contribution in [1.82, 2.24) is 9.55 Å². The van der Waals surface area contributed by atoms with Gasteiger partial charge in [0.05, 0.1) is 22.5 Å². The fourth-order valence-electron chi connectivity index (χ4n) is 2.23. The summed E-state index contributed by atoms with van der Waals surface area (Å²) < 4.78 is 40.0. The van der Waals surface area contributed by atoms with Gasteiger partial charge in [-0.05, 0) is 24.6 Å². The summed E-state index contributed by atoms with van der Waals surface area (Å²) in [6.45, 7) is 2.84. The highest BCUT2D eigenvalue weighted by Gasteiger charge is 2.31. The Hall–Kier alpha value is -1.23. The molecule has 0 amide bonds. The van der Waals surface area contributed by atoms with Gasteiger partial charge in [0.25, 0.3) is 0 Å². The number of fused-ring (bicyclic) bond motifs is 1. The van der Waals surface area contributed by atoms with Gasteiger partial charge in [0.15, 0.2) is 0 Å². The maximum absolute atomic E-state index is 12.7. The molecule has 2 nitrogen and oxygen atoms in total. The molecule has 1 aromatic carbocycles. The van der Waals surface area contributed by atoms with Crippen molar-refractivity contribution in [3.63, 3.8) is 0 Å². The van der Waals surface area contributed by atoms with E-state index in [2.05, 4.69) is 11.9 Å². The van der Waals surface area contributed by atoms with Gasteiger partial charge >= 0.3 is 6.18 Å². The second kappa shape index (κ2) is 6.04. The highest BCUT2D eigenvalue weighted by atomic mass is 35.5. The highest BCUT2D eigenvalue weighted by molar-refractivity contribution is 6.16. The number of aryl methyl sites for hydroxylation is 1. The van der Waals surface area contributed by atoms with Crippen LogP contribution in [-0.4, -0.2) is 9.55 Å². The first-order chi connectivity index (χ1) is 9.47. The van der Waals surface area contributed by atoms with Crippen LogP contribution in [0.2, 0.25) is 0 Å². The van der Waals surface area contributed by atoms with Crippen LogP contribution in [0, 0.1) is 0 Å². The maximum Gasteiger partial charge on any atom is 0.416 e. The van der Waals surface area contributed by atoms with Crippen molar-refractivity contribution < 1.29 is 13.2 Å². The molecule has 2 aromatic rings. The number of rotatable bonds is 5. The molecule has 0 radical (unpaired) electrons. The zero-order chi connectivity index (χ0) is 14.8. The molecule has 6 heteroatoms. The van der Waals surface area contributed by atoms with Crippen molar-refractivity contribution >= 4 is 22.6 Å². The first-order valence-corrected chi connectivity index (χ1v) is 7.13. The van der Waals surface area contributed by atoms with E-state index in [4.69, 9.17) is 11.6 Å². The smallest absolute Gasteiger partial charge is 0.327 e. The number of halogens is 4. The van der Waals surface area contributed by atoms with Crippen molar-refractivity contribution in [2.75, 3.05) is 0 Å². The number of hydrogen-bond donors (Lipinski definition) is 0. The zero-order valence-corrected chi connectivity index (χ0v) is 11.9. The van der Waals surface area contributed by atoms with E-state index >= 15 is 0 Å². The van der Waals surface area contributed by atoms with Gasteiger partial charge in [0.2, 0.25) is 0 Å². The summed E-state index contributed by atoms with van der Waals surface area (Å²) in [6.07, 6.45) is -1.22.